The Labute approximate surface area is 206 Å². The van der Waals surface area contributed by atoms with E-state index in [9.17, 15) is 0 Å². The van der Waals surface area contributed by atoms with Gasteiger partial charge in [0.1, 0.15) is 16.7 Å². The zero-order valence-electron chi connectivity index (χ0n) is 20.3. The Balaban J connectivity index is 1.18. The van der Waals surface area contributed by atoms with E-state index in [0.29, 0.717) is 0 Å². The molecule has 0 atom stereocenters. The van der Waals surface area contributed by atoms with Crippen LogP contribution in [0.2, 0.25) is 0 Å². The summed E-state index contributed by atoms with van der Waals surface area (Å²) in [6, 6.07) is 8.52. The van der Waals surface area contributed by atoms with Crippen molar-refractivity contribution in [1.29, 1.82) is 5.26 Å². The van der Waals surface area contributed by atoms with E-state index in [-0.39, 0.29) is 0 Å². The number of rotatable bonds is 10. The van der Waals surface area contributed by atoms with Gasteiger partial charge >= 0.3 is 0 Å². The van der Waals surface area contributed by atoms with Crippen molar-refractivity contribution in [2.75, 3.05) is 33.8 Å². The molecule has 7 heteroatoms. The van der Waals surface area contributed by atoms with Crippen molar-refractivity contribution in [3.05, 3.63) is 45.3 Å². The van der Waals surface area contributed by atoms with Crippen molar-refractivity contribution in [3.63, 3.8) is 0 Å². The summed E-state index contributed by atoms with van der Waals surface area (Å²) in [4.78, 5) is 5.48. The molecule has 34 heavy (non-hydrogen) atoms. The Kier molecular flexibility index (Phi) is 7.19. The molecule has 0 amide bonds. The van der Waals surface area contributed by atoms with Gasteiger partial charge in [0.2, 0.25) is 0 Å². The summed E-state index contributed by atoms with van der Waals surface area (Å²) in [7, 11) is 4.15. The van der Waals surface area contributed by atoms with Crippen LogP contribution in [0.15, 0.2) is 28.1 Å². The van der Waals surface area contributed by atoms with Gasteiger partial charge in [-0.2, -0.15) is 5.26 Å². The van der Waals surface area contributed by atoms with Gasteiger partial charge in [0, 0.05) is 18.5 Å². The second-order valence-electron chi connectivity index (χ2n) is 10.2. The minimum Gasteiger partial charge on any atom is -0.493 e. The van der Waals surface area contributed by atoms with Gasteiger partial charge in [0.05, 0.1) is 17.9 Å². The highest BCUT2D eigenvalue weighted by molar-refractivity contribution is 7.10. The maximum atomic E-state index is 9.03. The highest BCUT2D eigenvalue weighted by Gasteiger charge is 2.25. The molecule has 3 aromatic rings. The molecule has 0 N–H and O–H groups in total. The van der Waals surface area contributed by atoms with Gasteiger partial charge in [-0.1, -0.05) is 5.16 Å². The first-order valence-corrected chi connectivity index (χ1v) is 13.3. The van der Waals surface area contributed by atoms with E-state index in [0.717, 1.165) is 90.3 Å². The summed E-state index contributed by atoms with van der Waals surface area (Å²) in [6.07, 6.45) is 7.11. The number of nitriles is 1. The Hall–Kier alpha value is -2.40. The maximum Gasteiger partial charge on any atom is 0.175 e. The maximum absolute atomic E-state index is 9.03. The lowest BCUT2D eigenvalue weighted by molar-refractivity contribution is 0.172. The molecule has 1 saturated carbocycles. The lowest BCUT2D eigenvalue weighted by Crippen LogP contribution is -2.33. The molecule has 1 saturated heterocycles. The van der Waals surface area contributed by atoms with E-state index in [4.69, 9.17) is 14.5 Å². The van der Waals surface area contributed by atoms with Crippen LogP contribution in [0.1, 0.15) is 53.8 Å². The lowest BCUT2D eigenvalue weighted by Gasteiger charge is -2.31. The summed E-state index contributed by atoms with van der Waals surface area (Å²) in [5.41, 5.74) is 4.35. The van der Waals surface area contributed by atoms with Crippen molar-refractivity contribution in [1.82, 2.24) is 15.0 Å². The quantitative estimate of drug-likeness (QED) is 0.386. The van der Waals surface area contributed by atoms with Crippen molar-refractivity contribution in [2.45, 2.75) is 51.6 Å². The first kappa shape index (κ1) is 23.3. The summed E-state index contributed by atoms with van der Waals surface area (Å²) in [5.74, 6) is 2.39. The predicted octanol–water partition coefficient (Wildman–Crippen LogP) is 5.46. The fraction of sp³-hybridized carbons (Fsp3) is 0.556. The molecule has 180 valence electrons. The third kappa shape index (κ3) is 5.63. The van der Waals surface area contributed by atoms with Gasteiger partial charge in [0.15, 0.2) is 5.58 Å². The van der Waals surface area contributed by atoms with Crippen LogP contribution in [0.3, 0.4) is 0 Å². The average Bonchev–Trinajstić information content (AvgIpc) is 3.40. The third-order valence-corrected chi connectivity index (χ3v) is 7.97. The van der Waals surface area contributed by atoms with Crippen LogP contribution in [0, 0.1) is 23.2 Å². The Morgan fingerprint density at radius 1 is 1.21 bits per heavy atom. The molecule has 0 radical (unpaired) electrons. The van der Waals surface area contributed by atoms with Gasteiger partial charge in [-0.25, -0.2) is 0 Å². The van der Waals surface area contributed by atoms with Crippen molar-refractivity contribution in [3.8, 4) is 11.8 Å². The van der Waals surface area contributed by atoms with Gasteiger partial charge in [-0.3, -0.25) is 4.90 Å². The minimum absolute atomic E-state index is 0.722. The van der Waals surface area contributed by atoms with E-state index in [1.165, 1.54) is 31.2 Å². The number of nitrogens with zero attached hydrogens (tertiary/aromatic N) is 4. The van der Waals surface area contributed by atoms with E-state index in [2.05, 4.69) is 52.6 Å². The number of thiophene rings is 1. The molecule has 2 aromatic heterocycles. The van der Waals surface area contributed by atoms with Crippen LogP contribution >= 0.6 is 11.3 Å². The summed E-state index contributed by atoms with van der Waals surface area (Å²) < 4.78 is 12.1. The molecule has 1 aliphatic carbocycles. The van der Waals surface area contributed by atoms with Gasteiger partial charge in [-0.05, 0) is 107 Å². The van der Waals surface area contributed by atoms with Crippen LogP contribution in [0.5, 0.6) is 5.75 Å². The largest absolute Gasteiger partial charge is 0.493 e. The van der Waals surface area contributed by atoms with Crippen molar-refractivity contribution in [2.24, 2.45) is 11.8 Å². The smallest absolute Gasteiger partial charge is 0.175 e. The molecule has 0 bridgehead atoms. The van der Waals surface area contributed by atoms with Crippen LogP contribution in [-0.2, 0) is 19.5 Å². The number of aryl methyl sites for hydroxylation is 1. The van der Waals surface area contributed by atoms with Crippen molar-refractivity contribution < 1.29 is 9.26 Å². The number of benzene rings is 1. The molecule has 2 fully saturated rings. The SMILES string of the molecule is CN(C)Cc1c(OCC2CC2)ccc2c(CCC3CCN(Cc4csc(C#N)c4)CC3)noc12. The minimum atomic E-state index is 0.722. The number of hydrogen-bond donors (Lipinski definition) is 0. The Bertz CT molecular complexity index is 1150. The molecule has 5 rings (SSSR count). The average molecular weight is 479 g/mol. The van der Waals surface area contributed by atoms with Crippen LogP contribution < -0.4 is 4.74 Å². The number of likely N-dealkylation sites (tertiary alicyclic amines) is 1. The molecular formula is C27H34N4O2S. The number of aromatic nitrogens is 1. The topological polar surface area (TPSA) is 65.5 Å². The van der Waals surface area contributed by atoms with Gasteiger partial charge < -0.3 is 14.2 Å². The van der Waals surface area contributed by atoms with E-state index in [1.54, 1.807) is 11.3 Å². The second kappa shape index (κ2) is 10.5. The van der Waals surface area contributed by atoms with Crippen LogP contribution in [0.4, 0.5) is 0 Å². The fourth-order valence-corrected chi connectivity index (χ4v) is 5.61. The molecule has 2 aliphatic rings. The van der Waals surface area contributed by atoms with Gasteiger partial charge in [0.25, 0.3) is 0 Å². The summed E-state index contributed by atoms with van der Waals surface area (Å²) in [6.45, 7) is 4.79. The molecular weight excluding hydrogens is 444 g/mol. The Morgan fingerprint density at radius 2 is 2.03 bits per heavy atom. The number of hydrogen-bond acceptors (Lipinski definition) is 7. The first-order chi connectivity index (χ1) is 16.6. The zero-order chi connectivity index (χ0) is 23.5. The summed E-state index contributed by atoms with van der Waals surface area (Å²) in [5, 5.41) is 16.8. The first-order valence-electron chi connectivity index (χ1n) is 12.5. The number of fused-ring (bicyclic) bond motifs is 1. The third-order valence-electron chi connectivity index (χ3n) is 7.09. The molecule has 0 spiro atoms. The predicted molar refractivity (Wildman–Crippen MR) is 135 cm³/mol. The van der Waals surface area contributed by atoms with Crippen molar-refractivity contribution >= 4 is 22.3 Å². The van der Waals surface area contributed by atoms with Crippen LogP contribution in [0.25, 0.3) is 11.0 Å². The number of ether oxygens (including phenoxy) is 1. The molecule has 3 heterocycles. The molecule has 6 nitrogen and oxygen atoms in total. The van der Waals surface area contributed by atoms with E-state index >= 15 is 0 Å². The zero-order valence-corrected chi connectivity index (χ0v) is 21.1. The van der Waals surface area contributed by atoms with E-state index < -0.39 is 0 Å². The van der Waals surface area contributed by atoms with Crippen LogP contribution in [-0.4, -0.2) is 48.7 Å². The fourth-order valence-electron chi connectivity index (χ4n) is 4.91. The highest BCUT2D eigenvalue weighted by Crippen LogP contribution is 2.35. The van der Waals surface area contributed by atoms with E-state index in [1.807, 2.05) is 6.07 Å². The monoisotopic (exact) mass is 478 g/mol. The standard InChI is InChI=1S/C27H34N4O2S/c1-30(2)16-24-26(32-17-20-3-4-20)8-6-23-25(29-33-27(23)24)7-5-19-9-11-31(12-10-19)15-21-13-22(14-28)34-18-21/h6,8,13,18-20H,3-5,7,9-12,15-17H2,1-2H3. The Morgan fingerprint density at radius 3 is 2.74 bits per heavy atom. The number of piperidine rings is 1. The normalized spacial score (nSPS) is 17.5. The molecule has 0 unspecified atom stereocenters. The molecule has 1 aromatic carbocycles. The summed E-state index contributed by atoms with van der Waals surface area (Å²) >= 11 is 1.54. The van der Waals surface area contributed by atoms with Gasteiger partial charge in [-0.15, -0.1) is 11.3 Å². The molecule has 1 aliphatic heterocycles. The second-order valence-corrected chi connectivity index (χ2v) is 11.1. The highest BCUT2D eigenvalue weighted by atomic mass is 32.1. The lowest BCUT2D eigenvalue weighted by atomic mass is 9.91.